The molecule has 8 heteroatoms. The smallest absolute Gasteiger partial charge is 0.330 e. The Morgan fingerprint density at radius 3 is 1.55 bits per heavy atom. The first-order chi connectivity index (χ1) is 23.0. The number of carbonyl (C=O) groups is 2. The second-order valence-electron chi connectivity index (χ2n) is 11.2. The Balaban J connectivity index is 1.27. The second kappa shape index (κ2) is 22.0. The van der Waals surface area contributed by atoms with Crippen LogP contribution in [0.1, 0.15) is 73.6 Å². The average Bonchev–Trinajstić information content (AvgIpc) is 3.09. The van der Waals surface area contributed by atoms with Gasteiger partial charge in [0, 0.05) is 12.2 Å². The van der Waals surface area contributed by atoms with Crippen molar-refractivity contribution < 1.29 is 38.3 Å². The topological polar surface area (TPSA) is 89.5 Å². The van der Waals surface area contributed by atoms with Crippen LogP contribution in [0.5, 0.6) is 17.2 Å². The zero-order chi connectivity index (χ0) is 33.5. The fourth-order valence-electron chi connectivity index (χ4n) is 4.65. The van der Waals surface area contributed by atoms with E-state index in [1.807, 2.05) is 48.5 Å². The highest BCUT2D eigenvalue weighted by atomic mass is 17.2. The van der Waals surface area contributed by atoms with Gasteiger partial charge >= 0.3 is 11.9 Å². The molecule has 8 nitrogen and oxygen atoms in total. The van der Waals surface area contributed by atoms with Crippen LogP contribution in [0.3, 0.4) is 0 Å². The van der Waals surface area contributed by atoms with Crippen molar-refractivity contribution in [2.24, 2.45) is 0 Å². The van der Waals surface area contributed by atoms with Crippen molar-refractivity contribution in [1.82, 2.24) is 0 Å². The number of hydrogen-bond acceptors (Lipinski definition) is 8. The van der Waals surface area contributed by atoms with Gasteiger partial charge in [0.25, 0.3) is 0 Å². The van der Waals surface area contributed by atoms with Gasteiger partial charge in [-0.15, -0.1) is 0 Å². The summed E-state index contributed by atoms with van der Waals surface area (Å²) in [5, 5.41) is 0. The molecule has 0 unspecified atom stereocenters. The number of benzene rings is 3. The van der Waals surface area contributed by atoms with Gasteiger partial charge < -0.3 is 23.8 Å². The van der Waals surface area contributed by atoms with Crippen LogP contribution in [0.2, 0.25) is 0 Å². The summed E-state index contributed by atoms with van der Waals surface area (Å²) in [5.41, 5.74) is 4.53. The van der Waals surface area contributed by atoms with E-state index in [0.29, 0.717) is 38.8 Å². The molecule has 47 heavy (non-hydrogen) atoms. The van der Waals surface area contributed by atoms with E-state index in [1.54, 1.807) is 0 Å². The Bertz CT molecular complexity index is 1360. The number of aryl methyl sites for hydroxylation is 1. The maximum Gasteiger partial charge on any atom is 0.330 e. The summed E-state index contributed by atoms with van der Waals surface area (Å²) in [6.07, 6.45) is 10.8. The lowest BCUT2D eigenvalue weighted by atomic mass is 10.0. The van der Waals surface area contributed by atoms with E-state index in [-0.39, 0.29) is 11.9 Å². The summed E-state index contributed by atoms with van der Waals surface area (Å²) < 4.78 is 21.7. The number of ether oxygens (including phenoxy) is 4. The molecule has 0 heterocycles. The largest absolute Gasteiger partial charge is 0.494 e. The Labute approximate surface area is 279 Å². The molecule has 0 saturated heterocycles. The maximum atomic E-state index is 11.0. The molecule has 0 radical (unpaired) electrons. The van der Waals surface area contributed by atoms with Gasteiger partial charge in [-0.1, -0.05) is 43.5 Å². The molecule has 0 saturated carbocycles. The monoisotopic (exact) mass is 644 g/mol. The Kier molecular flexibility index (Phi) is 17.3. The van der Waals surface area contributed by atoms with Crippen molar-refractivity contribution in [1.29, 1.82) is 0 Å². The third-order valence-electron chi connectivity index (χ3n) is 7.37. The predicted octanol–water partition coefficient (Wildman–Crippen LogP) is 8.43. The van der Waals surface area contributed by atoms with Crippen LogP contribution in [-0.4, -0.2) is 38.4 Å². The van der Waals surface area contributed by atoms with Crippen LogP contribution in [-0.2, 0) is 37.0 Å². The average molecular weight is 645 g/mol. The molecule has 0 spiro atoms. The second-order valence-corrected chi connectivity index (χ2v) is 11.2. The fourth-order valence-corrected chi connectivity index (χ4v) is 4.65. The molecule has 3 rings (SSSR count). The molecule has 3 aromatic rings. The van der Waals surface area contributed by atoms with Gasteiger partial charge in [0.05, 0.1) is 26.4 Å². The predicted molar refractivity (Wildman–Crippen MR) is 183 cm³/mol. The van der Waals surface area contributed by atoms with Crippen molar-refractivity contribution in [3.05, 3.63) is 114 Å². The third-order valence-corrected chi connectivity index (χ3v) is 7.37. The summed E-state index contributed by atoms with van der Waals surface area (Å²) in [5.74, 6) is 1.60. The van der Waals surface area contributed by atoms with Crippen LogP contribution < -0.4 is 14.4 Å². The van der Waals surface area contributed by atoms with E-state index in [2.05, 4.69) is 38.3 Å². The van der Waals surface area contributed by atoms with Crippen LogP contribution in [0.25, 0.3) is 0 Å². The van der Waals surface area contributed by atoms with Gasteiger partial charge in [-0.3, -0.25) is 0 Å². The van der Waals surface area contributed by atoms with Gasteiger partial charge in [0.2, 0.25) is 0 Å². The quantitative estimate of drug-likeness (QED) is 0.0316. The van der Waals surface area contributed by atoms with Crippen LogP contribution in [0.15, 0.2) is 92.0 Å². The first kappa shape index (κ1) is 36.9. The minimum atomic E-state index is -0.372. The molecule has 0 fully saturated rings. The molecule has 0 aromatic heterocycles. The van der Waals surface area contributed by atoms with E-state index in [9.17, 15) is 9.59 Å². The van der Waals surface area contributed by atoms with Crippen LogP contribution >= 0.6 is 0 Å². The minimum absolute atomic E-state index is 0.319. The molecule has 252 valence electrons. The molecule has 0 N–H and O–H groups in total. The molecule has 0 aliphatic rings. The van der Waals surface area contributed by atoms with Gasteiger partial charge in [0.1, 0.15) is 18.1 Å². The molecule has 3 aromatic carbocycles. The Morgan fingerprint density at radius 2 is 1.06 bits per heavy atom. The van der Waals surface area contributed by atoms with E-state index in [1.165, 1.54) is 23.3 Å². The summed E-state index contributed by atoms with van der Waals surface area (Å²) in [6, 6.07) is 22.0. The lowest BCUT2D eigenvalue weighted by Gasteiger charge is -2.11. The highest BCUT2D eigenvalue weighted by Gasteiger charge is 2.06. The fraction of sp³-hybridized carbons (Fsp3) is 0.385. The van der Waals surface area contributed by atoms with Crippen molar-refractivity contribution in [3.8, 4) is 17.2 Å². The lowest BCUT2D eigenvalue weighted by molar-refractivity contribution is -0.217. The molecule has 0 amide bonds. The van der Waals surface area contributed by atoms with Crippen molar-refractivity contribution in [3.63, 3.8) is 0 Å². The first-order valence-electron chi connectivity index (χ1n) is 16.4. The van der Waals surface area contributed by atoms with Gasteiger partial charge in [-0.05, 0) is 123 Å². The normalized spacial score (nSPS) is 10.6. The van der Waals surface area contributed by atoms with Crippen molar-refractivity contribution >= 4 is 11.9 Å². The van der Waals surface area contributed by atoms with Crippen molar-refractivity contribution in [2.45, 2.75) is 71.3 Å². The highest BCUT2D eigenvalue weighted by Crippen LogP contribution is 2.22. The summed E-state index contributed by atoms with van der Waals surface area (Å²) in [6.45, 7) is 11.3. The molecule has 0 atom stereocenters. The molecular weight excluding hydrogens is 596 g/mol. The van der Waals surface area contributed by atoms with Gasteiger partial charge in [0.15, 0.2) is 5.75 Å². The number of esters is 2. The number of rotatable bonds is 24. The summed E-state index contributed by atoms with van der Waals surface area (Å²) in [4.78, 5) is 33.1. The summed E-state index contributed by atoms with van der Waals surface area (Å²) in [7, 11) is 0. The Morgan fingerprint density at radius 1 is 0.596 bits per heavy atom. The zero-order valence-electron chi connectivity index (χ0n) is 27.6. The van der Waals surface area contributed by atoms with Gasteiger partial charge in [-0.2, -0.15) is 4.89 Å². The maximum absolute atomic E-state index is 11.0. The van der Waals surface area contributed by atoms with Crippen molar-refractivity contribution in [2.75, 3.05) is 26.4 Å². The first-order valence-corrected chi connectivity index (χ1v) is 16.4. The Hall–Kier alpha value is -4.56. The summed E-state index contributed by atoms with van der Waals surface area (Å²) >= 11 is 0. The number of unbranched alkanes of at least 4 members (excludes halogenated alkanes) is 6. The zero-order valence-corrected chi connectivity index (χ0v) is 27.6. The lowest BCUT2D eigenvalue weighted by Crippen LogP contribution is -2.02. The van der Waals surface area contributed by atoms with E-state index in [4.69, 9.17) is 28.7 Å². The van der Waals surface area contributed by atoms with E-state index in [0.717, 1.165) is 80.4 Å². The number of carbonyl (C=O) groups excluding carboxylic acids is 2. The molecule has 0 aliphatic heterocycles. The standard InChI is InChI=1S/C39H48O8/c1-4-38(40)44-26-12-8-6-10-24-42-35-19-14-32(15-20-35)29-34-18-23-37(28-31(34)3)47-46-30-33-16-21-36(22-17-33)43-25-11-7-9-13-27-45-39(41)5-2/h4-5,14-23,28H,1-2,6-13,24-27,29-30H2,3H3. The third kappa shape index (κ3) is 15.5. The molecule has 0 bridgehead atoms. The minimum Gasteiger partial charge on any atom is -0.494 e. The number of hydrogen-bond donors (Lipinski definition) is 0. The van der Waals surface area contributed by atoms with Crippen LogP contribution in [0.4, 0.5) is 0 Å². The molecular formula is C39H48O8. The highest BCUT2D eigenvalue weighted by molar-refractivity contribution is 5.81. The SMILES string of the molecule is C=CC(=O)OCCCCCCOc1ccc(COOc2ccc(Cc3ccc(OCCCCCCOC(=O)C=C)cc3)c(C)c2)cc1. The molecule has 0 aliphatic carbocycles. The van der Waals surface area contributed by atoms with E-state index < -0.39 is 0 Å². The van der Waals surface area contributed by atoms with Gasteiger partial charge in [-0.25, -0.2) is 9.59 Å². The van der Waals surface area contributed by atoms with E-state index >= 15 is 0 Å². The van der Waals surface area contributed by atoms with Crippen LogP contribution in [0, 0.1) is 6.92 Å².